The van der Waals surface area contributed by atoms with E-state index in [4.69, 9.17) is 9.31 Å². The van der Waals surface area contributed by atoms with E-state index in [1.807, 2.05) is 28.8 Å². The van der Waals surface area contributed by atoms with Crippen molar-refractivity contribution in [3.63, 3.8) is 0 Å². The highest BCUT2D eigenvalue weighted by atomic mass is 16.7. The van der Waals surface area contributed by atoms with Crippen molar-refractivity contribution in [2.24, 2.45) is 0 Å². The maximum absolute atomic E-state index is 6.06. The van der Waals surface area contributed by atoms with Gasteiger partial charge in [-0.15, -0.1) is 0 Å². The Kier molecular flexibility index (Phi) is 2.34. The Labute approximate surface area is 107 Å². The summed E-state index contributed by atoms with van der Waals surface area (Å²) in [6, 6.07) is 5.95. The topological polar surface area (TPSA) is 35.8 Å². The molecule has 0 saturated carbocycles. The SMILES string of the molecule is CC1(C)OB(c2cccc3nccn23)OC1(C)C. The van der Waals surface area contributed by atoms with E-state index in [1.54, 1.807) is 6.20 Å². The fraction of sp³-hybridized carbons (Fsp3) is 0.462. The second-order valence-corrected chi connectivity index (χ2v) is 5.69. The Morgan fingerprint density at radius 3 is 2.44 bits per heavy atom. The fourth-order valence-corrected chi connectivity index (χ4v) is 2.13. The average molecular weight is 244 g/mol. The molecule has 18 heavy (non-hydrogen) atoms. The third-order valence-electron chi connectivity index (χ3n) is 3.95. The van der Waals surface area contributed by atoms with Gasteiger partial charge in [0.25, 0.3) is 0 Å². The molecular weight excluding hydrogens is 227 g/mol. The molecule has 3 rings (SSSR count). The third-order valence-corrected chi connectivity index (χ3v) is 3.95. The summed E-state index contributed by atoms with van der Waals surface area (Å²) in [5.41, 5.74) is 1.24. The van der Waals surface area contributed by atoms with Crippen LogP contribution in [0.1, 0.15) is 27.7 Å². The molecule has 5 heteroatoms. The lowest BCUT2D eigenvalue weighted by Gasteiger charge is -2.32. The van der Waals surface area contributed by atoms with E-state index in [2.05, 4.69) is 32.7 Å². The van der Waals surface area contributed by atoms with Crippen molar-refractivity contribution < 1.29 is 9.31 Å². The molecule has 0 amide bonds. The highest BCUT2D eigenvalue weighted by molar-refractivity contribution is 6.61. The fourth-order valence-electron chi connectivity index (χ4n) is 2.13. The molecule has 2 aromatic rings. The van der Waals surface area contributed by atoms with Crippen LogP contribution in [0.3, 0.4) is 0 Å². The van der Waals surface area contributed by atoms with E-state index in [9.17, 15) is 0 Å². The Morgan fingerprint density at radius 2 is 1.78 bits per heavy atom. The number of hydrogen-bond acceptors (Lipinski definition) is 3. The third kappa shape index (κ3) is 1.58. The van der Waals surface area contributed by atoms with Crippen molar-refractivity contribution in [2.45, 2.75) is 38.9 Å². The molecule has 0 N–H and O–H groups in total. The Balaban J connectivity index is 2.05. The van der Waals surface area contributed by atoms with E-state index in [0.717, 1.165) is 11.2 Å². The first-order chi connectivity index (χ1) is 8.41. The Hall–Kier alpha value is -1.33. The van der Waals surface area contributed by atoms with Crippen molar-refractivity contribution >= 4 is 18.4 Å². The molecule has 3 heterocycles. The Morgan fingerprint density at radius 1 is 1.11 bits per heavy atom. The van der Waals surface area contributed by atoms with Crippen molar-refractivity contribution in [1.29, 1.82) is 0 Å². The van der Waals surface area contributed by atoms with Crippen LogP contribution in [0.5, 0.6) is 0 Å². The van der Waals surface area contributed by atoms with E-state index in [-0.39, 0.29) is 18.3 Å². The van der Waals surface area contributed by atoms with Crippen LogP contribution >= 0.6 is 0 Å². The number of nitrogens with zero attached hydrogens (tertiary/aromatic N) is 2. The monoisotopic (exact) mass is 244 g/mol. The summed E-state index contributed by atoms with van der Waals surface area (Å²) in [7, 11) is -0.354. The van der Waals surface area contributed by atoms with Gasteiger partial charge in [0.05, 0.1) is 16.8 Å². The lowest BCUT2D eigenvalue weighted by Crippen LogP contribution is -2.41. The molecule has 1 saturated heterocycles. The zero-order chi connectivity index (χ0) is 13.0. The largest absolute Gasteiger partial charge is 0.512 e. The van der Waals surface area contributed by atoms with E-state index >= 15 is 0 Å². The maximum atomic E-state index is 6.06. The van der Waals surface area contributed by atoms with Crippen LogP contribution in [0.4, 0.5) is 0 Å². The van der Waals surface area contributed by atoms with Gasteiger partial charge in [-0.1, -0.05) is 6.07 Å². The summed E-state index contributed by atoms with van der Waals surface area (Å²) in [5.74, 6) is 0. The first kappa shape index (κ1) is 11.7. The summed E-state index contributed by atoms with van der Waals surface area (Å²) >= 11 is 0. The molecule has 94 valence electrons. The smallest absolute Gasteiger partial charge is 0.398 e. The molecule has 0 aliphatic carbocycles. The summed E-state index contributed by atoms with van der Waals surface area (Å²) in [4.78, 5) is 4.28. The molecular formula is C13H17BN2O2. The predicted octanol–water partition coefficient (Wildman–Crippen LogP) is 1.63. The molecule has 0 unspecified atom stereocenters. The summed E-state index contributed by atoms with van der Waals surface area (Å²) in [6.07, 6.45) is 3.71. The standard InChI is InChI=1S/C13H17BN2O2/c1-12(2)13(3,4)18-14(17-12)10-6-5-7-11-15-8-9-16(10)11/h5-9H,1-4H3. The van der Waals surface area contributed by atoms with Gasteiger partial charge in [0.2, 0.25) is 0 Å². The van der Waals surface area contributed by atoms with Gasteiger partial charge in [0.15, 0.2) is 0 Å². The molecule has 2 aromatic heterocycles. The number of hydrogen-bond donors (Lipinski definition) is 0. The number of rotatable bonds is 1. The van der Waals surface area contributed by atoms with Crippen LogP contribution in [0.2, 0.25) is 0 Å². The molecule has 0 spiro atoms. The molecule has 4 nitrogen and oxygen atoms in total. The number of aromatic nitrogens is 2. The van der Waals surface area contributed by atoms with Crippen LogP contribution < -0.4 is 5.59 Å². The van der Waals surface area contributed by atoms with Gasteiger partial charge in [-0.3, -0.25) is 0 Å². The van der Waals surface area contributed by atoms with Crippen LogP contribution in [-0.4, -0.2) is 27.7 Å². The quantitative estimate of drug-likeness (QED) is 0.715. The summed E-state index contributed by atoms with van der Waals surface area (Å²) in [5, 5.41) is 0. The van der Waals surface area contributed by atoms with Crippen LogP contribution in [-0.2, 0) is 9.31 Å². The second-order valence-electron chi connectivity index (χ2n) is 5.69. The number of imidazole rings is 1. The average Bonchev–Trinajstić information content (AvgIpc) is 2.81. The summed E-state index contributed by atoms with van der Waals surface area (Å²) in [6.45, 7) is 8.23. The van der Waals surface area contributed by atoms with Gasteiger partial charge in [0, 0.05) is 12.4 Å². The predicted molar refractivity (Wildman–Crippen MR) is 70.9 cm³/mol. The molecule has 1 fully saturated rings. The molecule has 0 bridgehead atoms. The number of pyridine rings is 1. The van der Waals surface area contributed by atoms with Gasteiger partial charge in [-0.25, -0.2) is 4.98 Å². The van der Waals surface area contributed by atoms with Crippen LogP contribution in [0.25, 0.3) is 5.65 Å². The molecule has 0 aromatic carbocycles. The van der Waals surface area contributed by atoms with E-state index in [0.29, 0.717) is 0 Å². The molecule has 1 aliphatic rings. The van der Waals surface area contributed by atoms with Crippen molar-refractivity contribution in [3.05, 3.63) is 30.6 Å². The molecule has 0 atom stereocenters. The maximum Gasteiger partial charge on any atom is 0.512 e. The van der Waals surface area contributed by atoms with Gasteiger partial charge in [0.1, 0.15) is 5.65 Å². The van der Waals surface area contributed by atoms with Gasteiger partial charge < -0.3 is 13.7 Å². The minimum absolute atomic E-state index is 0.319. The first-order valence-electron chi connectivity index (χ1n) is 6.18. The minimum atomic E-state index is -0.354. The normalized spacial score (nSPS) is 21.7. The zero-order valence-electron chi connectivity index (χ0n) is 11.2. The summed E-state index contributed by atoms with van der Waals surface area (Å²) < 4.78 is 14.1. The number of fused-ring (bicyclic) bond motifs is 1. The first-order valence-corrected chi connectivity index (χ1v) is 6.18. The van der Waals surface area contributed by atoms with Crippen LogP contribution in [0, 0.1) is 0 Å². The van der Waals surface area contributed by atoms with Crippen molar-refractivity contribution in [3.8, 4) is 0 Å². The van der Waals surface area contributed by atoms with Gasteiger partial charge in [-0.05, 0) is 39.8 Å². The molecule has 0 radical (unpaired) electrons. The lowest BCUT2D eigenvalue weighted by atomic mass is 9.84. The highest BCUT2D eigenvalue weighted by Gasteiger charge is 2.52. The second kappa shape index (κ2) is 3.59. The van der Waals surface area contributed by atoms with E-state index < -0.39 is 0 Å². The van der Waals surface area contributed by atoms with Gasteiger partial charge >= 0.3 is 7.12 Å². The van der Waals surface area contributed by atoms with Gasteiger partial charge in [-0.2, -0.15) is 0 Å². The zero-order valence-corrected chi connectivity index (χ0v) is 11.2. The highest BCUT2D eigenvalue weighted by Crippen LogP contribution is 2.36. The van der Waals surface area contributed by atoms with E-state index in [1.165, 1.54) is 0 Å². The Bertz CT molecular complexity index is 575. The van der Waals surface area contributed by atoms with Crippen LogP contribution in [0.15, 0.2) is 30.6 Å². The minimum Gasteiger partial charge on any atom is -0.398 e. The van der Waals surface area contributed by atoms with Crippen molar-refractivity contribution in [1.82, 2.24) is 9.38 Å². The van der Waals surface area contributed by atoms with Crippen molar-refractivity contribution in [2.75, 3.05) is 0 Å². The lowest BCUT2D eigenvalue weighted by molar-refractivity contribution is 0.00578. The molecule has 1 aliphatic heterocycles.